The van der Waals surface area contributed by atoms with Crippen LogP contribution in [0.3, 0.4) is 0 Å². The third-order valence-corrected chi connectivity index (χ3v) is 5.37. The predicted molar refractivity (Wildman–Crippen MR) is 131 cm³/mol. The standard InChI is InChI=1S/C26H36N2O6/c1-17(13-19-7-9-21(31-3)23(15-19)33-5)27-25(29)11-12-26(30)28-18(2)14-20-8-10-22(32-4)24(16-20)34-6/h7-10,15-18H,11-14H2,1-6H3,(H,27,29)(H,28,30)/t17-,18-/m0/s1. The smallest absolute Gasteiger partial charge is 0.220 e. The van der Waals surface area contributed by atoms with Gasteiger partial charge in [0.05, 0.1) is 28.4 Å². The molecule has 0 aliphatic heterocycles. The van der Waals surface area contributed by atoms with Gasteiger partial charge in [0.25, 0.3) is 0 Å². The van der Waals surface area contributed by atoms with Gasteiger partial charge in [-0.3, -0.25) is 9.59 Å². The van der Waals surface area contributed by atoms with Gasteiger partial charge in [-0.2, -0.15) is 0 Å². The Hall–Kier alpha value is -3.42. The van der Waals surface area contributed by atoms with Crippen molar-refractivity contribution in [2.75, 3.05) is 28.4 Å². The first-order valence-electron chi connectivity index (χ1n) is 11.3. The molecule has 2 rings (SSSR count). The average molecular weight is 473 g/mol. The SMILES string of the molecule is COc1ccc(C[C@H](C)NC(=O)CCC(=O)N[C@@H](C)Cc2ccc(OC)c(OC)c2)cc1OC. The maximum absolute atomic E-state index is 12.3. The molecule has 0 aliphatic rings. The molecular formula is C26H36N2O6. The van der Waals surface area contributed by atoms with Gasteiger partial charge in [0.2, 0.25) is 11.8 Å². The van der Waals surface area contributed by atoms with Crippen molar-refractivity contribution in [3.8, 4) is 23.0 Å². The van der Waals surface area contributed by atoms with Crippen LogP contribution in [0.1, 0.15) is 37.8 Å². The molecule has 186 valence electrons. The van der Waals surface area contributed by atoms with Crippen LogP contribution in [0.15, 0.2) is 36.4 Å². The number of nitrogens with one attached hydrogen (secondary N) is 2. The minimum absolute atomic E-state index is 0.0855. The zero-order valence-electron chi connectivity index (χ0n) is 20.9. The molecule has 0 spiro atoms. The van der Waals surface area contributed by atoms with Crippen LogP contribution in [0.2, 0.25) is 0 Å². The Bertz CT molecular complexity index is 885. The van der Waals surface area contributed by atoms with Crippen LogP contribution >= 0.6 is 0 Å². The second-order valence-electron chi connectivity index (χ2n) is 8.22. The van der Waals surface area contributed by atoms with E-state index in [1.54, 1.807) is 28.4 Å². The van der Waals surface area contributed by atoms with Crippen molar-refractivity contribution < 1.29 is 28.5 Å². The number of methoxy groups -OCH3 is 4. The number of rotatable bonds is 13. The van der Waals surface area contributed by atoms with Crippen molar-refractivity contribution >= 4 is 11.8 Å². The number of amides is 2. The molecule has 0 bridgehead atoms. The van der Waals surface area contributed by atoms with Gasteiger partial charge in [0, 0.05) is 24.9 Å². The van der Waals surface area contributed by atoms with Gasteiger partial charge >= 0.3 is 0 Å². The molecular weight excluding hydrogens is 436 g/mol. The van der Waals surface area contributed by atoms with E-state index in [1.165, 1.54) is 0 Å². The summed E-state index contributed by atoms with van der Waals surface area (Å²) >= 11 is 0. The average Bonchev–Trinajstić information content (AvgIpc) is 2.82. The quantitative estimate of drug-likeness (QED) is 0.465. The molecule has 2 atom stereocenters. The van der Waals surface area contributed by atoms with Crippen LogP contribution in [0.25, 0.3) is 0 Å². The van der Waals surface area contributed by atoms with Crippen molar-refractivity contribution in [1.29, 1.82) is 0 Å². The maximum Gasteiger partial charge on any atom is 0.220 e. The van der Waals surface area contributed by atoms with Gasteiger partial charge in [-0.05, 0) is 62.1 Å². The Labute approximate surface area is 201 Å². The summed E-state index contributed by atoms with van der Waals surface area (Å²) in [5, 5.41) is 5.90. The second-order valence-corrected chi connectivity index (χ2v) is 8.22. The van der Waals surface area contributed by atoms with Gasteiger partial charge in [0.1, 0.15) is 0 Å². The van der Waals surface area contributed by atoms with E-state index in [1.807, 2.05) is 50.2 Å². The van der Waals surface area contributed by atoms with Crippen molar-refractivity contribution in [1.82, 2.24) is 10.6 Å². The number of carbonyl (C=O) groups is 2. The number of benzene rings is 2. The van der Waals surface area contributed by atoms with E-state index >= 15 is 0 Å². The highest BCUT2D eigenvalue weighted by Crippen LogP contribution is 2.29. The summed E-state index contributed by atoms with van der Waals surface area (Å²) in [5.74, 6) is 2.31. The van der Waals surface area contributed by atoms with E-state index in [9.17, 15) is 9.59 Å². The molecule has 0 radical (unpaired) electrons. The molecule has 0 fully saturated rings. The number of carbonyl (C=O) groups excluding carboxylic acids is 2. The van der Waals surface area contributed by atoms with E-state index in [2.05, 4.69) is 10.6 Å². The third-order valence-electron chi connectivity index (χ3n) is 5.37. The molecule has 0 saturated heterocycles. The molecule has 2 N–H and O–H groups in total. The van der Waals surface area contributed by atoms with E-state index in [0.29, 0.717) is 35.8 Å². The molecule has 0 saturated carbocycles. The first-order chi connectivity index (χ1) is 16.3. The zero-order chi connectivity index (χ0) is 25.1. The highest BCUT2D eigenvalue weighted by atomic mass is 16.5. The molecule has 2 aromatic rings. The topological polar surface area (TPSA) is 95.1 Å². The van der Waals surface area contributed by atoms with Gasteiger partial charge in [-0.1, -0.05) is 12.1 Å². The third kappa shape index (κ3) is 8.17. The Morgan fingerprint density at radius 2 is 1.00 bits per heavy atom. The van der Waals surface area contributed by atoms with Crippen molar-refractivity contribution in [2.45, 2.75) is 51.6 Å². The van der Waals surface area contributed by atoms with Crippen LogP contribution in [-0.2, 0) is 22.4 Å². The fourth-order valence-corrected chi connectivity index (χ4v) is 3.75. The molecule has 34 heavy (non-hydrogen) atoms. The Morgan fingerprint density at radius 3 is 1.32 bits per heavy atom. The van der Waals surface area contributed by atoms with Crippen molar-refractivity contribution in [3.05, 3.63) is 47.5 Å². The molecule has 0 unspecified atom stereocenters. The lowest BCUT2D eigenvalue weighted by Crippen LogP contribution is -2.37. The van der Waals surface area contributed by atoms with E-state index < -0.39 is 0 Å². The lowest BCUT2D eigenvalue weighted by atomic mass is 10.1. The monoisotopic (exact) mass is 472 g/mol. The lowest BCUT2D eigenvalue weighted by molar-refractivity contribution is -0.127. The molecule has 8 heteroatoms. The molecule has 2 amide bonds. The maximum atomic E-state index is 12.3. The highest BCUT2D eigenvalue weighted by molar-refractivity contribution is 5.84. The number of hydrogen-bond acceptors (Lipinski definition) is 6. The van der Waals surface area contributed by atoms with Crippen molar-refractivity contribution in [3.63, 3.8) is 0 Å². The van der Waals surface area contributed by atoms with Gasteiger partial charge in [0.15, 0.2) is 23.0 Å². The summed E-state index contributed by atoms with van der Waals surface area (Å²) in [6, 6.07) is 11.2. The summed E-state index contributed by atoms with van der Waals surface area (Å²) in [5.41, 5.74) is 2.04. The fraction of sp³-hybridized carbons (Fsp3) is 0.462. The fourth-order valence-electron chi connectivity index (χ4n) is 3.75. The van der Waals surface area contributed by atoms with Crippen molar-refractivity contribution in [2.24, 2.45) is 0 Å². The minimum Gasteiger partial charge on any atom is -0.493 e. The molecule has 2 aromatic carbocycles. The number of ether oxygens (including phenoxy) is 4. The largest absolute Gasteiger partial charge is 0.493 e. The normalized spacial score (nSPS) is 12.3. The Morgan fingerprint density at radius 1 is 0.647 bits per heavy atom. The van der Waals surface area contributed by atoms with Crippen LogP contribution < -0.4 is 29.6 Å². The molecule has 0 aromatic heterocycles. The first kappa shape index (κ1) is 26.8. The van der Waals surface area contributed by atoms with Crippen LogP contribution in [0.5, 0.6) is 23.0 Å². The molecule has 0 aliphatic carbocycles. The Kier molecular flexibility index (Phi) is 10.5. The van der Waals surface area contributed by atoms with Gasteiger partial charge < -0.3 is 29.6 Å². The highest BCUT2D eigenvalue weighted by Gasteiger charge is 2.14. The van der Waals surface area contributed by atoms with Gasteiger partial charge in [-0.15, -0.1) is 0 Å². The molecule has 8 nitrogen and oxygen atoms in total. The summed E-state index contributed by atoms with van der Waals surface area (Å²) in [7, 11) is 6.36. The zero-order valence-corrected chi connectivity index (χ0v) is 20.9. The Balaban J connectivity index is 1.76. The second kappa shape index (κ2) is 13.3. The summed E-state index contributed by atoms with van der Waals surface area (Å²) in [6.45, 7) is 3.86. The van der Waals surface area contributed by atoms with E-state index in [-0.39, 0.29) is 36.7 Å². The summed E-state index contributed by atoms with van der Waals surface area (Å²) < 4.78 is 21.2. The first-order valence-corrected chi connectivity index (χ1v) is 11.3. The summed E-state index contributed by atoms with van der Waals surface area (Å²) in [4.78, 5) is 24.6. The minimum atomic E-state index is -0.157. The predicted octanol–water partition coefficient (Wildman–Crippen LogP) is 3.30. The van der Waals surface area contributed by atoms with E-state index in [4.69, 9.17) is 18.9 Å². The molecule has 0 heterocycles. The van der Waals surface area contributed by atoms with Crippen LogP contribution in [0.4, 0.5) is 0 Å². The summed E-state index contributed by atoms with van der Waals surface area (Å²) in [6.07, 6.45) is 1.54. The van der Waals surface area contributed by atoms with Crippen LogP contribution in [0, 0.1) is 0 Å². The van der Waals surface area contributed by atoms with E-state index in [0.717, 1.165) is 11.1 Å². The lowest BCUT2D eigenvalue weighted by Gasteiger charge is -2.17. The number of hydrogen-bond donors (Lipinski definition) is 2. The van der Waals surface area contributed by atoms with Crippen LogP contribution in [-0.4, -0.2) is 52.3 Å². The van der Waals surface area contributed by atoms with Gasteiger partial charge in [-0.25, -0.2) is 0 Å².